The summed E-state index contributed by atoms with van der Waals surface area (Å²) in [5.41, 5.74) is 1.13. The lowest BCUT2D eigenvalue weighted by atomic mass is 10.2. The van der Waals surface area contributed by atoms with Crippen LogP contribution in [0.4, 0.5) is 0 Å². The van der Waals surface area contributed by atoms with E-state index in [1.54, 1.807) is 11.8 Å². The minimum atomic E-state index is 0.428. The molecule has 0 atom stereocenters. The van der Waals surface area contributed by atoms with Crippen molar-refractivity contribution in [3.05, 3.63) is 34.6 Å². The maximum atomic E-state index is 6.33. The van der Waals surface area contributed by atoms with Gasteiger partial charge in [-0.15, -0.1) is 0 Å². The third-order valence-corrected chi connectivity index (χ3v) is 4.97. The van der Waals surface area contributed by atoms with Crippen molar-refractivity contribution in [1.29, 1.82) is 0 Å². The third-order valence-electron chi connectivity index (χ3n) is 2.73. The molecule has 2 aromatic rings. The number of nitrogens with zero attached hydrogens (tertiary/aromatic N) is 2. The molecule has 0 aliphatic carbocycles. The minimum Gasteiger partial charge on any atom is -0.310 e. The van der Waals surface area contributed by atoms with Gasteiger partial charge in [0.1, 0.15) is 5.82 Å². The molecule has 1 aromatic carbocycles. The first-order valence-electron chi connectivity index (χ1n) is 6.61. The largest absolute Gasteiger partial charge is 0.310 e. The maximum absolute atomic E-state index is 6.33. The van der Waals surface area contributed by atoms with Crippen LogP contribution in [-0.2, 0) is 13.0 Å². The quantitative estimate of drug-likeness (QED) is 0.853. The summed E-state index contributed by atoms with van der Waals surface area (Å²) in [6.45, 7) is 7.08. The van der Waals surface area contributed by atoms with Crippen LogP contribution in [0.5, 0.6) is 0 Å². The zero-order chi connectivity index (χ0) is 14.5. The van der Waals surface area contributed by atoms with Crippen molar-refractivity contribution >= 4 is 34.9 Å². The van der Waals surface area contributed by atoms with Crippen LogP contribution < -0.4 is 5.32 Å². The SMILES string of the molecule is CCc1nsc(Sc2cccc(Cl)c2CNC(C)C)n1. The Kier molecular flexibility index (Phi) is 5.84. The molecule has 6 heteroatoms. The van der Waals surface area contributed by atoms with E-state index in [0.29, 0.717) is 6.04 Å². The Bertz CT molecular complexity index is 569. The van der Waals surface area contributed by atoms with Gasteiger partial charge in [-0.1, -0.05) is 50.2 Å². The normalized spacial score (nSPS) is 11.2. The number of benzene rings is 1. The molecule has 0 saturated heterocycles. The number of aryl methyl sites for hydroxylation is 1. The smallest absolute Gasteiger partial charge is 0.174 e. The number of nitrogens with one attached hydrogen (secondary N) is 1. The Labute approximate surface area is 133 Å². The van der Waals surface area contributed by atoms with Crippen molar-refractivity contribution in [1.82, 2.24) is 14.7 Å². The van der Waals surface area contributed by atoms with E-state index >= 15 is 0 Å². The molecule has 0 bridgehead atoms. The van der Waals surface area contributed by atoms with Crippen LogP contribution in [0, 0.1) is 0 Å². The van der Waals surface area contributed by atoms with E-state index < -0.39 is 0 Å². The number of hydrogen-bond donors (Lipinski definition) is 1. The summed E-state index contributed by atoms with van der Waals surface area (Å²) >= 11 is 9.41. The second-order valence-electron chi connectivity index (χ2n) is 4.68. The zero-order valence-electron chi connectivity index (χ0n) is 11.8. The highest BCUT2D eigenvalue weighted by atomic mass is 35.5. The molecule has 0 amide bonds. The van der Waals surface area contributed by atoms with E-state index in [0.717, 1.165) is 38.6 Å². The average Bonchev–Trinajstić information content (AvgIpc) is 2.85. The van der Waals surface area contributed by atoms with Gasteiger partial charge < -0.3 is 5.32 Å². The van der Waals surface area contributed by atoms with Gasteiger partial charge in [0.15, 0.2) is 4.34 Å². The molecule has 0 aliphatic rings. The number of hydrogen-bond acceptors (Lipinski definition) is 5. The molecule has 1 heterocycles. The van der Waals surface area contributed by atoms with Gasteiger partial charge in [-0.05, 0) is 29.2 Å². The first-order valence-corrected chi connectivity index (χ1v) is 8.58. The van der Waals surface area contributed by atoms with Crippen LogP contribution in [0.15, 0.2) is 27.4 Å². The van der Waals surface area contributed by atoms with Crippen LogP contribution in [0.2, 0.25) is 5.02 Å². The van der Waals surface area contributed by atoms with Crippen LogP contribution in [-0.4, -0.2) is 15.4 Å². The predicted octanol–water partition coefficient (Wildman–Crippen LogP) is 4.40. The molecular formula is C14H18ClN3S2. The first-order chi connectivity index (χ1) is 9.60. The van der Waals surface area contributed by atoms with Gasteiger partial charge in [0, 0.05) is 28.9 Å². The highest BCUT2D eigenvalue weighted by Crippen LogP contribution is 2.34. The second kappa shape index (κ2) is 7.41. The predicted molar refractivity (Wildman–Crippen MR) is 86.8 cm³/mol. The van der Waals surface area contributed by atoms with Crippen molar-refractivity contribution in [2.24, 2.45) is 0 Å². The minimum absolute atomic E-state index is 0.428. The van der Waals surface area contributed by atoms with E-state index in [1.807, 2.05) is 12.1 Å². The van der Waals surface area contributed by atoms with E-state index in [2.05, 4.69) is 41.5 Å². The Morgan fingerprint density at radius 1 is 1.40 bits per heavy atom. The van der Waals surface area contributed by atoms with E-state index in [-0.39, 0.29) is 0 Å². The molecule has 108 valence electrons. The van der Waals surface area contributed by atoms with Crippen molar-refractivity contribution in [3.8, 4) is 0 Å². The number of rotatable bonds is 6. The summed E-state index contributed by atoms with van der Waals surface area (Å²) in [6, 6.07) is 6.42. The van der Waals surface area contributed by atoms with Crippen molar-refractivity contribution in [2.75, 3.05) is 0 Å². The fourth-order valence-corrected chi connectivity index (χ4v) is 3.75. The van der Waals surface area contributed by atoms with Gasteiger partial charge in [0.05, 0.1) is 0 Å². The molecule has 0 unspecified atom stereocenters. The molecule has 0 spiro atoms. The van der Waals surface area contributed by atoms with E-state index in [1.165, 1.54) is 11.5 Å². The van der Waals surface area contributed by atoms with Gasteiger partial charge >= 0.3 is 0 Å². The topological polar surface area (TPSA) is 37.8 Å². The van der Waals surface area contributed by atoms with Crippen LogP contribution in [0.3, 0.4) is 0 Å². The Balaban J connectivity index is 2.19. The van der Waals surface area contributed by atoms with E-state index in [9.17, 15) is 0 Å². The molecule has 3 nitrogen and oxygen atoms in total. The summed E-state index contributed by atoms with van der Waals surface area (Å²) in [4.78, 5) is 5.64. The first kappa shape index (κ1) is 15.8. The fraction of sp³-hybridized carbons (Fsp3) is 0.429. The molecule has 0 radical (unpaired) electrons. The van der Waals surface area contributed by atoms with Gasteiger partial charge in [0.25, 0.3) is 0 Å². The molecule has 20 heavy (non-hydrogen) atoms. The maximum Gasteiger partial charge on any atom is 0.174 e. The van der Waals surface area contributed by atoms with Crippen molar-refractivity contribution in [3.63, 3.8) is 0 Å². The summed E-state index contributed by atoms with van der Waals surface area (Å²) in [5.74, 6) is 0.904. The number of halogens is 1. The number of aromatic nitrogens is 2. The standard InChI is InChI=1S/C14H18ClN3S2/c1-4-13-17-14(20-18-13)19-12-7-5-6-11(15)10(12)8-16-9(2)3/h5-7,9,16H,4,8H2,1-3H3. The molecule has 0 aliphatic heterocycles. The van der Waals surface area contributed by atoms with Crippen LogP contribution in [0.25, 0.3) is 0 Å². The molecule has 1 N–H and O–H groups in total. The van der Waals surface area contributed by atoms with Crippen LogP contribution in [0.1, 0.15) is 32.2 Å². The molecule has 0 fully saturated rings. The Morgan fingerprint density at radius 2 is 2.20 bits per heavy atom. The van der Waals surface area contributed by atoms with Crippen molar-refractivity contribution < 1.29 is 0 Å². The highest BCUT2D eigenvalue weighted by molar-refractivity contribution is 8.01. The van der Waals surface area contributed by atoms with Gasteiger partial charge in [-0.25, -0.2) is 4.98 Å². The average molecular weight is 328 g/mol. The lowest BCUT2D eigenvalue weighted by Crippen LogP contribution is -2.22. The van der Waals surface area contributed by atoms with Crippen molar-refractivity contribution in [2.45, 2.75) is 49.0 Å². The second-order valence-corrected chi connectivity index (χ2v) is 7.13. The lowest BCUT2D eigenvalue weighted by molar-refractivity contribution is 0.585. The summed E-state index contributed by atoms with van der Waals surface area (Å²) < 4.78 is 5.29. The summed E-state index contributed by atoms with van der Waals surface area (Å²) in [5, 5.41) is 4.21. The molecule has 1 aromatic heterocycles. The van der Waals surface area contributed by atoms with Gasteiger partial charge in [-0.3, -0.25) is 0 Å². The van der Waals surface area contributed by atoms with Gasteiger partial charge in [-0.2, -0.15) is 4.37 Å². The monoisotopic (exact) mass is 327 g/mol. The van der Waals surface area contributed by atoms with E-state index in [4.69, 9.17) is 11.6 Å². The highest BCUT2D eigenvalue weighted by Gasteiger charge is 2.11. The zero-order valence-corrected chi connectivity index (χ0v) is 14.2. The van der Waals surface area contributed by atoms with Crippen LogP contribution >= 0.6 is 34.9 Å². The Morgan fingerprint density at radius 3 is 2.85 bits per heavy atom. The molecular weight excluding hydrogens is 310 g/mol. The molecule has 2 rings (SSSR count). The fourth-order valence-electron chi connectivity index (χ4n) is 1.63. The Hall–Kier alpha value is -0.620. The summed E-state index contributed by atoms with van der Waals surface area (Å²) in [7, 11) is 0. The summed E-state index contributed by atoms with van der Waals surface area (Å²) in [6.07, 6.45) is 0.869. The molecule has 0 saturated carbocycles. The third kappa shape index (κ3) is 4.19. The lowest BCUT2D eigenvalue weighted by Gasteiger charge is -2.13. The van der Waals surface area contributed by atoms with Gasteiger partial charge in [0.2, 0.25) is 0 Å².